The van der Waals surface area contributed by atoms with Crippen LogP contribution in [0.25, 0.3) is 5.69 Å². The van der Waals surface area contributed by atoms with Gasteiger partial charge in [0.25, 0.3) is 5.91 Å². The average molecular weight is 482 g/mol. The molecule has 0 bridgehead atoms. The van der Waals surface area contributed by atoms with Gasteiger partial charge in [0.1, 0.15) is 0 Å². The lowest BCUT2D eigenvalue weighted by Crippen LogP contribution is -2.32. The SMILES string of the molecule is O=C(COc1cc(C(F)(F)F)nn1-c1ccccc1Cl)NC1=C2C=CC=CC2C(Cl)C=C1. The number of hydrogen-bond donors (Lipinski definition) is 1. The lowest BCUT2D eigenvalue weighted by Gasteiger charge is -2.26. The van der Waals surface area contributed by atoms with Crippen LogP contribution in [0.5, 0.6) is 5.88 Å². The van der Waals surface area contributed by atoms with Gasteiger partial charge >= 0.3 is 6.18 Å². The van der Waals surface area contributed by atoms with Crippen LogP contribution >= 0.6 is 23.2 Å². The zero-order chi connectivity index (χ0) is 22.9. The maximum Gasteiger partial charge on any atom is 0.435 e. The molecular formula is C22H16Cl2F3N3O2. The van der Waals surface area contributed by atoms with Crippen LogP contribution in [0.15, 0.2) is 78.1 Å². The quantitative estimate of drug-likeness (QED) is 0.596. The second kappa shape index (κ2) is 8.88. The topological polar surface area (TPSA) is 56.1 Å². The molecule has 32 heavy (non-hydrogen) atoms. The molecule has 4 rings (SSSR count). The van der Waals surface area contributed by atoms with Crippen LogP contribution < -0.4 is 10.1 Å². The molecule has 0 saturated heterocycles. The van der Waals surface area contributed by atoms with Crippen molar-refractivity contribution < 1.29 is 22.7 Å². The summed E-state index contributed by atoms with van der Waals surface area (Å²) in [7, 11) is 0. The number of rotatable bonds is 5. The van der Waals surface area contributed by atoms with Crippen molar-refractivity contribution >= 4 is 29.1 Å². The first-order valence-corrected chi connectivity index (χ1v) is 10.3. The van der Waals surface area contributed by atoms with Crippen molar-refractivity contribution in [2.75, 3.05) is 6.61 Å². The largest absolute Gasteiger partial charge is 0.467 e. The van der Waals surface area contributed by atoms with Gasteiger partial charge < -0.3 is 10.1 Å². The molecule has 0 spiro atoms. The first-order chi connectivity index (χ1) is 15.2. The van der Waals surface area contributed by atoms with Gasteiger partial charge in [0.2, 0.25) is 5.88 Å². The number of hydrogen-bond acceptors (Lipinski definition) is 3. The maximum absolute atomic E-state index is 13.2. The molecule has 1 amide bonds. The molecule has 2 aliphatic rings. The number of halogens is 5. The lowest BCUT2D eigenvalue weighted by atomic mass is 9.86. The smallest absolute Gasteiger partial charge is 0.435 e. The van der Waals surface area contributed by atoms with E-state index in [4.69, 9.17) is 27.9 Å². The predicted octanol–water partition coefficient (Wildman–Crippen LogP) is 5.21. The molecule has 0 fully saturated rings. The van der Waals surface area contributed by atoms with Crippen LogP contribution in [0.2, 0.25) is 5.02 Å². The monoisotopic (exact) mass is 481 g/mol. The lowest BCUT2D eigenvalue weighted by molar-refractivity contribution is -0.141. The zero-order valence-electron chi connectivity index (χ0n) is 16.3. The number of nitrogens with one attached hydrogen (secondary N) is 1. The second-order valence-corrected chi connectivity index (χ2v) is 7.92. The number of carbonyl (C=O) groups excluding carboxylic acids is 1. The van der Waals surface area contributed by atoms with Gasteiger partial charge in [-0.25, -0.2) is 0 Å². The number of allylic oxidation sites excluding steroid dienone is 7. The Kier molecular flexibility index (Phi) is 6.17. The summed E-state index contributed by atoms with van der Waals surface area (Å²) < 4.78 is 46.0. The fourth-order valence-electron chi connectivity index (χ4n) is 3.35. The summed E-state index contributed by atoms with van der Waals surface area (Å²) in [4.78, 5) is 12.5. The van der Waals surface area contributed by atoms with E-state index in [1.165, 1.54) is 12.1 Å². The fraction of sp³-hybridized carbons (Fsp3) is 0.182. The van der Waals surface area contributed by atoms with Crippen molar-refractivity contribution in [2.24, 2.45) is 5.92 Å². The summed E-state index contributed by atoms with van der Waals surface area (Å²) in [5, 5.41) is 6.23. The van der Waals surface area contributed by atoms with Crippen molar-refractivity contribution in [3.8, 4) is 11.6 Å². The molecule has 5 nitrogen and oxygen atoms in total. The second-order valence-electron chi connectivity index (χ2n) is 7.01. The number of para-hydroxylation sites is 1. The third-order valence-electron chi connectivity index (χ3n) is 4.84. The molecule has 1 N–H and O–H groups in total. The maximum atomic E-state index is 13.2. The first-order valence-electron chi connectivity index (χ1n) is 9.50. The van der Waals surface area contributed by atoms with E-state index in [0.29, 0.717) is 5.70 Å². The van der Waals surface area contributed by atoms with Crippen LogP contribution in [0.3, 0.4) is 0 Å². The standard InChI is InChI=1S/C22H16Cl2F3N3O2/c23-15-9-10-17(14-6-2-1-5-13(14)15)28-20(31)12-32-21-11-19(22(25,26)27)29-30(21)18-8-4-3-7-16(18)24/h1-11,13,15H,12H2,(H,28,31). The minimum Gasteiger partial charge on any atom is -0.467 e. The molecule has 1 aromatic carbocycles. The van der Waals surface area contributed by atoms with E-state index in [1.807, 2.05) is 24.3 Å². The van der Waals surface area contributed by atoms with E-state index in [0.717, 1.165) is 16.3 Å². The van der Waals surface area contributed by atoms with Gasteiger partial charge in [0.15, 0.2) is 12.3 Å². The number of fused-ring (bicyclic) bond motifs is 1. The molecule has 1 heterocycles. The van der Waals surface area contributed by atoms with Crippen molar-refractivity contribution in [3.63, 3.8) is 0 Å². The summed E-state index contributed by atoms with van der Waals surface area (Å²) in [6, 6.07) is 6.96. The van der Waals surface area contributed by atoms with Crippen molar-refractivity contribution in [3.05, 3.63) is 88.8 Å². The number of carbonyl (C=O) groups is 1. The van der Waals surface area contributed by atoms with Gasteiger partial charge in [-0.3, -0.25) is 4.79 Å². The van der Waals surface area contributed by atoms with Crippen molar-refractivity contribution in [1.82, 2.24) is 15.1 Å². The number of alkyl halides is 4. The molecule has 10 heteroatoms. The number of aromatic nitrogens is 2. The Bertz CT molecular complexity index is 1170. The highest BCUT2D eigenvalue weighted by molar-refractivity contribution is 6.32. The molecule has 2 atom stereocenters. The molecule has 2 unspecified atom stereocenters. The number of ether oxygens (including phenoxy) is 1. The molecular weight excluding hydrogens is 466 g/mol. The number of benzene rings is 1. The normalized spacial score (nSPS) is 19.8. The van der Waals surface area contributed by atoms with Crippen molar-refractivity contribution in [2.45, 2.75) is 11.6 Å². The Hall–Kier alpha value is -2.97. The molecule has 166 valence electrons. The van der Waals surface area contributed by atoms with Gasteiger partial charge in [0.05, 0.1) is 16.1 Å². The van der Waals surface area contributed by atoms with Gasteiger partial charge in [-0.15, -0.1) is 11.6 Å². The third-order valence-corrected chi connectivity index (χ3v) is 5.57. The first kappa shape index (κ1) is 22.2. The summed E-state index contributed by atoms with van der Waals surface area (Å²) in [5.74, 6) is -0.900. The molecule has 2 aromatic rings. The molecule has 2 aliphatic carbocycles. The zero-order valence-corrected chi connectivity index (χ0v) is 17.8. The Labute approximate surface area is 191 Å². The highest BCUT2D eigenvalue weighted by Crippen LogP contribution is 2.34. The van der Waals surface area contributed by atoms with Crippen LogP contribution in [-0.4, -0.2) is 27.7 Å². The van der Waals surface area contributed by atoms with Crippen LogP contribution in [0.4, 0.5) is 13.2 Å². The Morgan fingerprint density at radius 2 is 1.97 bits per heavy atom. The fourth-order valence-corrected chi connectivity index (χ4v) is 3.86. The van der Waals surface area contributed by atoms with E-state index in [2.05, 4.69) is 10.4 Å². The highest BCUT2D eigenvalue weighted by Gasteiger charge is 2.36. The molecule has 0 radical (unpaired) electrons. The molecule has 0 saturated carbocycles. The van der Waals surface area contributed by atoms with Gasteiger partial charge in [-0.1, -0.05) is 54.1 Å². The number of amides is 1. The summed E-state index contributed by atoms with van der Waals surface area (Å²) in [6.45, 7) is -0.535. The average Bonchev–Trinajstić information content (AvgIpc) is 3.19. The molecule has 1 aromatic heterocycles. The predicted molar refractivity (Wildman–Crippen MR) is 115 cm³/mol. The van der Waals surface area contributed by atoms with E-state index in [9.17, 15) is 18.0 Å². The Balaban J connectivity index is 1.54. The minimum absolute atomic E-state index is 0.0844. The van der Waals surface area contributed by atoms with Gasteiger partial charge in [-0.2, -0.15) is 23.0 Å². The van der Waals surface area contributed by atoms with Crippen LogP contribution in [-0.2, 0) is 11.0 Å². The van der Waals surface area contributed by atoms with E-state index >= 15 is 0 Å². The molecule has 0 aliphatic heterocycles. The Morgan fingerprint density at radius 3 is 2.72 bits per heavy atom. The number of nitrogens with zero attached hydrogens (tertiary/aromatic N) is 2. The van der Waals surface area contributed by atoms with Crippen molar-refractivity contribution in [1.29, 1.82) is 0 Å². The Morgan fingerprint density at radius 1 is 1.19 bits per heavy atom. The van der Waals surface area contributed by atoms with Crippen LogP contribution in [0, 0.1) is 5.92 Å². The van der Waals surface area contributed by atoms with E-state index in [1.54, 1.807) is 24.3 Å². The summed E-state index contributed by atoms with van der Waals surface area (Å²) >= 11 is 12.4. The van der Waals surface area contributed by atoms with Crippen LogP contribution in [0.1, 0.15) is 5.69 Å². The van der Waals surface area contributed by atoms with Gasteiger partial charge in [0, 0.05) is 17.7 Å². The van der Waals surface area contributed by atoms with E-state index < -0.39 is 24.4 Å². The third kappa shape index (κ3) is 4.61. The summed E-state index contributed by atoms with van der Waals surface area (Å²) in [5.41, 5.74) is 0.416. The highest BCUT2D eigenvalue weighted by atomic mass is 35.5. The van der Waals surface area contributed by atoms with Gasteiger partial charge in [-0.05, 0) is 23.8 Å². The summed E-state index contributed by atoms with van der Waals surface area (Å²) in [6.07, 6.45) is 6.25. The minimum atomic E-state index is -4.69. The van der Waals surface area contributed by atoms with E-state index in [-0.39, 0.29) is 27.9 Å².